The van der Waals surface area contributed by atoms with E-state index >= 15 is 0 Å². The number of amides is 3. The van der Waals surface area contributed by atoms with Crippen LogP contribution in [0, 0.1) is 5.82 Å². The minimum atomic E-state index is -4.57. The maximum atomic E-state index is 14.0. The fourth-order valence-corrected chi connectivity index (χ4v) is 2.82. The molecule has 0 atom stereocenters. The first-order chi connectivity index (χ1) is 16.4. The average Bonchev–Trinajstić information content (AvgIpc) is 2.80. The Morgan fingerprint density at radius 3 is 2.23 bits per heavy atom. The summed E-state index contributed by atoms with van der Waals surface area (Å²) in [5, 5.41) is 6.82. The number of halogens is 5. The molecule has 2 aromatic carbocycles. The number of alkyl halides is 4. The van der Waals surface area contributed by atoms with E-state index in [0.717, 1.165) is 0 Å². The number of nitrogens with zero attached hydrogens (tertiary/aromatic N) is 1. The van der Waals surface area contributed by atoms with Crippen molar-refractivity contribution in [3.05, 3.63) is 77.9 Å². The summed E-state index contributed by atoms with van der Waals surface area (Å²) in [6, 6.07) is 9.35. The molecule has 0 radical (unpaired) electrons. The zero-order chi connectivity index (χ0) is 25.8. The van der Waals surface area contributed by atoms with Crippen molar-refractivity contribution in [2.24, 2.45) is 0 Å². The van der Waals surface area contributed by atoms with E-state index < -0.39 is 40.9 Å². The third-order valence-electron chi connectivity index (χ3n) is 4.67. The van der Waals surface area contributed by atoms with Crippen LogP contribution < -0.4 is 20.7 Å². The summed E-state index contributed by atoms with van der Waals surface area (Å²) >= 11 is 0. The van der Waals surface area contributed by atoms with E-state index in [1.807, 2.05) is 5.32 Å². The lowest BCUT2D eigenvalue weighted by Gasteiger charge is -2.24. The van der Waals surface area contributed by atoms with Gasteiger partial charge in [0.25, 0.3) is 5.91 Å². The van der Waals surface area contributed by atoms with E-state index in [1.54, 1.807) is 0 Å². The number of anilines is 2. The molecular weight excluding hydrogens is 475 g/mol. The van der Waals surface area contributed by atoms with E-state index in [4.69, 9.17) is 4.74 Å². The van der Waals surface area contributed by atoms with Crippen LogP contribution in [0.5, 0.6) is 11.5 Å². The van der Waals surface area contributed by atoms with E-state index in [1.165, 1.54) is 49.6 Å². The molecule has 0 unspecified atom stereocenters. The third kappa shape index (κ3) is 6.02. The first-order valence-corrected chi connectivity index (χ1v) is 10.0. The van der Waals surface area contributed by atoms with Gasteiger partial charge in [0.15, 0.2) is 0 Å². The molecule has 0 saturated carbocycles. The van der Waals surface area contributed by atoms with Crippen LogP contribution in [0.3, 0.4) is 0 Å². The normalized spacial score (nSPS) is 11.5. The highest BCUT2D eigenvalue weighted by Gasteiger charge is 2.53. The number of ether oxygens (including phenoxy) is 1. The van der Waals surface area contributed by atoms with Gasteiger partial charge in [0.1, 0.15) is 23.0 Å². The number of benzene rings is 2. The van der Waals surface area contributed by atoms with Crippen molar-refractivity contribution >= 4 is 23.3 Å². The van der Waals surface area contributed by atoms with E-state index in [9.17, 15) is 31.5 Å². The Hall–Kier alpha value is -4.22. The van der Waals surface area contributed by atoms with Gasteiger partial charge in [-0.1, -0.05) is 0 Å². The number of rotatable bonds is 7. The van der Waals surface area contributed by atoms with Gasteiger partial charge in [-0.15, -0.1) is 0 Å². The van der Waals surface area contributed by atoms with E-state index in [0.29, 0.717) is 29.7 Å². The first-order valence-electron chi connectivity index (χ1n) is 10.0. The second-order valence-electron chi connectivity index (χ2n) is 7.32. The molecular formula is C23H19F5N4O3. The molecule has 3 aromatic rings. The van der Waals surface area contributed by atoms with Gasteiger partial charge >= 0.3 is 17.9 Å². The summed E-state index contributed by atoms with van der Waals surface area (Å²) in [5.41, 5.74) is -1.47. The molecule has 3 rings (SSSR count). The smallest absolute Gasteiger partial charge is 0.335 e. The lowest BCUT2D eigenvalue weighted by Crippen LogP contribution is -2.35. The molecule has 0 bridgehead atoms. The number of pyridine rings is 1. The quantitative estimate of drug-likeness (QED) is 0.364. The predicted molar refractivity (Wildman–Crippen MR) is 118 cm³/mol. The van der Waals surface area contributed by atoms with Gasteiger partial charge in [-0.3, -0.25) is 9.78 Å². The molecule has 0 fully saturated rings. The summed E-state index contributed by atoms with van der Waals surface area (Å²) in [4.78, 5) is 27.8. The highest BCUT2D eigenvalue weighted by Crippen LogP contribution is 2.43. The number of aromatic nitrogens is 1. The number of hydrogen-bond donors (Lipinski definition) is 3. The third-order valence-corrected chi connectivity index (χ3v) is 4.67. The van der Waals surface area contributed by atoms with Crippen LogP contribution in [0.4, 0.5) is 38.1 Å². The van der Waals surface area contributed by atoms with Crippen molar-refractivity contribution in [1.29, 1.82) is 0 Å². The standard InChI is InChI=1S/C23H19F5N4O3/c1-22(25,26)23(27,28)13-3-8-17(24)18(11-13)32-21(34)31-14-4-6-15(7-5-14)35-16-9-10-30-19(12-16)20(33)29-2/h3-12H,1-2H3,(H,29,33)(H2,31,32,34). The van der Waals surface area contributed by atoms with Crippen molar-refractivity contribution in [3.8, 4) is 11.5 Å². The molecule has 184 valence electrons. The summed E-state index contributed by atoms with van der Waals surface area (Å²) in [6.45, 7) is 0.0407. The first kappa shape index (κ1) is 25.4. The lowest BCUT2D eigenvalue weighted by molar-refractivity contribution is -0.204. The zero-order valence-electron chi connectivity index (χ0n) is 18.3. The largest absolute Gasteiger partial charge is 0.457 e. The lowest BCUT2D eigenvalue weighted by atomic mass is 10.0. The summed E-state index contributed by atoms with van der Waals surface area (Å²) < 4.78 is 73.9. The molecule has 35 heavy (non-hydrogen) atoms. The fourth-order valence-electron chi connectivity index (χ4n) is 2.82. The molecule has 0 spiro atoms. The highest BCUT2D eigenvalue weighted by molar-refractivity contribution is 5.99. The number of nitrogens with one attached hydrogen (secondary N) is 3. The van der Waals surface area contributed by atoms with Crippen LogP contribution in [-0.2, 0) is 5.92 Å². The predicted octanol–water partition coefficient (Wildman–Crippen LogP) is 5.76. The van der Waals surface area contributed by atoms with Gasteiger partial charge in [-0.25, -0.2) is 9.18 Å². The maximum Gasteiger partial charge on any atom is 0.335 e. The maximum absolute atomic E-state index is 14.0. The molecule has 0 aliphatic heterocycles. The van der Waals surface area contributed by atoms with Crippen LogP contribution in [0.1, 0.15) is 23.0 Å². The molecule has 3 N–H and O–H groups in total. The number of carbonyl (C=O) groups excluding carboxylic acids is 2. The van der Waals surface area contributed by atoms with Crippen LogP contribution in [-0.4, -0.2) is 29.9 Å². The zero-order valence-corrected chi connectivity index (χ0v) is 18.3. The van der Waals surface area contributed by atoms with Gasteiger partial charge in [-0.2, -0.15) is 17.6 Å². The fraction of sp³-hybridized carbons (Fsp3) is 0.174. The Balaban J connectivity index is 1.67. The Morgan fingerprint density at radius 1 is 0.914 bits per heavy atom. The van der Waals surface area contributed by atoms with Crippen molar-refractivity contribution in [1.82, 2.24) is 10.3 Å². The molecule has 12 heteroatoms. The van der Waals surface area contributed by atoms with Gasteiger partial charge in [0.05, 0.1) is 5.69 Å². The summed E-state index contributed by atoms with van der Waals surface area (Å²) in [7, 11) is 1.46. The SMILES string of the molecule is CNC(=O)c1cc(Oc2ccc(NC(=O)Nc3cc(C(F)(F)C(C)(F)F)ccc3F)cc2)ccn1. The molecule has 0 saturated heterocycles. The molecule has 1 aromatic heterocycles. The van der Waals surface area contributed by atoms with E-state index in [-0.39, 0.29) is 18.3 Å². The van der Waals surface area contributed by atoms with Crippen molar-refractivity contribution in [2.75, 3.05) is 17.7 Å². The van der Waals surface area contributed by atoms with Crippen LogP contribution >= 0.6 is 0 Å². The minimum absolute atomic E-state index is 0.0407. The van der Waals surface area contributed by atoms with Crippen molar-refractivity contribution in [2.45, 2.75) is 18.8 Å². The highest BCUT2D eigenvalue weighted by atomic mass is 19.3. The number of urea groups is 1. The minimum Gasteiger partial charge on any atom is -0.457 e. The van der Waals surface area contributed by atoms with Crippen LogP contribution in [0.15, 0.2) is 60.8 Å². The van der Waals surface area contributed by atoms with E-state index in [2.05, 4.69) is 15.6 Å². The molecule has 3 amide bonds. The van der Waals surface area contributed by atoms with Gasteiger partial charge in [0.2, 0.25) is 0 Å². The Morgan fingerprint density at radius 2 is 1.60 bits per heavy atom. The van der Waals surface area contributed by atoms with Crippen molar-refractivity contribution < 1.29 is 36.3 Å². The number of carbonyl (C=O) groups is 2. The van der Waals surface area contributed by atoms with Gasteiger partial charge < -0.3 is 20.7 Å². The van der Waals surface area contributed by atoms with Crippen LogP contribution in [0.25, 0.3) is 0 Å². The molecule has 7 nitrogen and oxygen atoms in total. The molecule has 0 aliphatic carbocycles. The van der Waals surface area contributed by atoms with Crippen molar-refractivity contribution in [3.63, 3.8) is 0 Å². The second-order valence-corrected chi connectivity index (χ2v) is 7.32. The monoisotopic (exact) mass is 494 g/mol. The second kappa shape index (κ2) is 9.95. The Bertz CT molecular complexity index is 1230. The number of hydrogen-bond acceptors (Lipinski definition) is 4. The topological polar surface area (TPSA) is 92.4 Å². The van der Waals surface area contributed by atoms with Gasteiger partial charge in [0, 0.05) is 37.5 Å². The summed E-state index contributed by atoms with van der Waals surface area (Å²) in [5.74, 6) is -9.76. The molecule has 1 heterocycles. The summed E-state index contributed by atoms with van der Waals surface area (Å²) in [6.07, 6.45) is 1.39. The Kier molecular flexibility index (Phi) is 7.22. The van der Waals surface area contributed by atoms with Crippen LogP contribution in [0.2, 0.25) is 0 Å². The molecule has 0 aliphatic rings. The average molecular weight is 494 g/mol. The Labute approximate surface area is 196 Å². The van der Waals surface area contributed by atoms with Gasteiger partial charge in [-0.05, 0) is 48.5 Å².